The van der Waals surface area contributed by atoms with E-state index in [0.717, 1.165) is 12.2 Å². The Balaban J connectivity index is 2.49. The van der Waals surface area contributed by atoms with Gasteiger partial charge in [-0.15, -0.1) is 0 Å². The minimum Gasteiger partial charge on any atom is -0.493 e. The van der Waals surface area contributed by atoms with E-state index in [4.69, 9.17) is 16.2 Å². The summed E-state index contributed by atoms with van der Waals surface area (Å²) < 4.78 is 5.73. The van der Waals surface area contributed by atoms with E-state index in [9.17, 15) is 0 Å². The molecule has 0 aliphatic rings. The number of hydrogen-bond donors (Lipinski definition) is 2. The van der Waals surface area contributed by atoms with Crippen LogP contribution in [-0.2, 0) is 0 Å². The van der Waals surface area contributed by atoms with Crippen LogP contribution in [-0.4, -0.2) is 19.1 Å². The van der Waals surface area contributed by atoms with Crippen molar-refractivity contribution in [3.05, 3.63) is 28.8 Å². The number of guanidine groups is 1. The third kappa shape index (κ3) is 4.34. The van der Waals surface area contributed by atoms with Gasteiger partial charge in [0.1, 0.15) is 5.75 Å². The number of aryl methyl sites for hydroxylation is 2. The Kier molecular flexibility index (Phi) is 4.82. The number of nitrogens with zero attached hydrogens (tertiary/aromatic N) is 1. The summed E-state index contributed by atoms with van der Waals surface area (Å²) in [4.78, 5) is 3.91. The van der Waals surface area contributed by atoms with Crippen molar-refractivity contribution < 1.29 is 4.74 Å². The quantitative estimate of drug-likeness (QED) is 0.463. The zero-order valence-electron chi connectivity index (χ0n) is 10.8. The minimum atomic E-state index is 0.132. The second-order valence-corrected chi connectivity index (χ2v) is 4.21. The fourth-order valence-corrected chi connectivity index (χ4v) is 1.61. The maximum absolute atomic E-state index is 5.73. The molecule has 4 N–H and O–H groups in total. The molecule has 0 spiro atoms. The lowest BCUT2D eigenvalue weighted by atomic mass is 10.1. The molecule has 0 saturated heterocycles. The summed E-state index contributed by atoms with van der Waals surface area (Å²) in [6, 6.07) is 4.21. The van der Waals surface area contributed by atoms with Gasteiger partial charge in [0.2, 0.25) is 0 Å². The molecule has 0 aliphatic heterocycles. The molecule has 0 saturated carbocycles. The van der Waals surface area contributed by atoms with Gasteiger partial charge in [0.25, 0.3) is 0 Å². The van der Waals surface area contributed by atoms with E-state index < -0.39 is 0 Å². The first-order chi connectivity index (χ1) is 8.00. The highest BCUT2D eigenvalue weighted by Crippen LogP contribution is 2.23. The van der Waals surface area contributed by atoms with Gasteiger partial charge < -0.3 is 16.2 Å². The van der Waals surface area contributed by atoms with Crippen LogP contribution in [0.25, 0.3) is 0 Å². The lowest BCUT2D eigenvalue weighted by molar-refractivity contribution is 0.311. The molecule has 0 bridgehead atoms. The standard InChI is InChI=1S/C13H21N3O/c1-9-7-10(2)11(3)12(8-9)17-6-4-5-16-13(14)15/h7-8H,4-6H2,1-3H3,(H4,14,15,16). The zero-order valence-corrected chi connectivity index (χ0v) is 10.8. The van der Waals surface area contributed by atoms with Gasteiger partial charge in [-0.05, 0) is 43.5 Å². The highest BCUT2D eigenvalue weighted by Gasteiger charge is 2.03. The minimum absolute atomic E-state index is 0.132. The first kappa shape index (κ1) is 13.4. The Morgan fingerprint density at radius 2 is 1.94 bits per heavy atom. The van der Waals surface area contributed by atoms with Crippen LogP contribution >= 0.6 is 0 Å². The smallest absolute Gasteiger partial charge is 0.185 e. The summed E-state index contributed by atoms with van der Waals surface area (Å²) in [5, 5.41) is 0. The summed E-state index contributed by atoms with van der Waals surface area (Å²) in [6.45, 7) is 7.46. The Labute approximate surface area is 103 Å². The molecule has 0 aromatic heterocycles. The lowest BCUT2D eigenvalue weighted by Crippen LogP contribution is -2.23. The van der Waals surface area contributed by atoms with Crippen LogP contribution in [0.2, 0.25) is 0 Å². The zero-order chi connectivity index (χ0) is 12.8. The van der Waals surface area contributed by atoms with Crippen molar-refractivity contribution in [2.24, 2.45) is 16.5 Å². The van der Waals surface area contributed by atoms with Gasteiger partial charge in [-0.1, -0.05) is 6.07 Å². The Morgan fingerprint density at radius 3 is 2.59 bits per heavy atom. The summed E-state index contributed by atoms with van der Waals surface area (Å²) >= 11 is 0. The number of benzene rings is 1. The lowest BCUT2D eigenvalue weighted by Gasteiger charge is -2.11. The SMILES string of the molecule is Cc1cc(C)c(C)c(OCCCN=C(N)N)c1. The summed E-state index contributed by atoms with van der Waals surface area (Å²) in [5.74, 6) is 1.08. The first-order valence-electron chi connectivity index (χ1n) is 5.76. The third-order valence-electron chi connectivity index (χ3n) is 2.62. The summed E-state index contributed by atoms with van der Waals surface area (Å²) in [6.07, 6.45) is 0.810. The van der Waals surface area contributed by atoms with Crippen LogP contribution in [0.3, 0.4) is 0 Å². The van der Waals surface area contributed by atoms with E-state index in [0.29, 0.717) is 13.2 Å². The van der Waals surface area contributed by atoms with Crippen molar-refractivity contribution >= 4 is 5.96 Å². The van der Waals surface area contributed by atoms with Crippen molar-refractivity contribution in [3.63, 3.8) is 0 Å². The molecule has 1 aromatic rings. The van der Waals surface area contributed by atoms with E-state index >= 15 is 0 Å². The maximum Gasteiger partial charge on any atom is 0.185 e. The van der Waals surface area contributed by atoms with Gasteiger partial charge in [0, 0.05) is 13.0 Å². The molecule has 0 atom stereocenters. The molecule has 94 valence electrons. The van der Waals surface area contributed by atoms with Gasteiger partial charge in [-0.2, -0.15) is 0 Å². The molecular formula is C13H21N3O. The van der Waals surface area contributed by atoms with Gasteiger partial charge in [-0.3, -0.25) is 4.99 Å². The number of nitrogens with two attached hydrogens (primary N) is 2. The van der Waals surface area contributed by atoms with Crippen molar-refractivity contribution in [1.29, 1.82) is 0 Å². The number of aliphatic imine (C=N–C) groups is 1. The van der Waals surface area contributed by atoms with Crippen molar-refractivity contribution in [3.8, 4) is 5.75 Å². The van der Waals surface area contributed by atoms with Crippen molar-refractivity contribution in [2.75, 3.05) is 13.2 Å². The van der Waals surface area contributed by atoms with Crippen molar-refractivity contribution in [2.45, 2.75) is 27.2 Å². The number of ether oxygens (including phenoxy) is 1. The summed E-state index contributed by atoms with van der Waals surface area (Å²) in [5.41, 5.74) is 14.1. The van der Waals surface area contributed by atoms with E-state index in [1.807, 2.05) is 0 Å². The van der Waals surface area contributed by atoms with Crippen LogP contribution in [0.4, 0.5) is 0 Å². The topological polar surface area (TPSA) is 73.6 Å². The molecule has 0 fully saturated rings. The second-order valence-electron chi connectivity index (χ2n) is 4.21. The number of rotatable bonds is 5. The van der Waals surface area contributed by atoms with Crippen LogP contribution in [0.5, 0.6) is 5.75 Å². The van der Waals surface area contributed by atoms with Crippen LogP contribution < -0.4 is 16.2 Å². The van der Waals surface area contributed by atoms with Gasteiger partial charge in [0.05, 0.1) is 6.61 Å². The Bertz CT molecular complexity index is 409. The van der Waals surface area contributed by atoms with Gasteiger partial charge in [0.15, 0.2) is 5.96 Å². The largest absolute Gasteiger partial charge is 0.493 e. The molecule has 0 amide bonds. The fourth-order valence-electron chi connectivity index (χ4n) is 1.61. The molecule has 1 aromatic carbocycles. The molecule has 0 aliphatic carbocycles. The van der Waals surface area contributed by atoms with E-state index in [-0.39, 0.29) is 5.96 Å². The predicted octanol–water partition coefficient (Wildman–Crippen LogP) is 1.65. The second kappa shape index (κ2) is 6.13. The first-order valence-corrected chi connectivity index (χ1v) is 5.76. The van der Waals surface area contributed by atoms with E-state index in [1.54, 1.807) is 0 Å². The molecule has 4 heteroatoms. The molecule has 17 heavy (non-hydrogen) atoms. The average Bonchev–Trinajstić information content (AvgIpc) is 2.23. The van der Waals surface area contributed by atoms with Crippen molar-refractivity contribution in [1.82, 2.24) is 0 Å². The summed E-state index contributed by atoms with van der Waals surface area (Å²) in [7, 11) is 0. The van der Waals surface area contributed by atoms with E-state index in [2.05, 4.69) is 37.9 Å². The van der Waals surface area contributed by atoms with Gasteiger partial charge >= 0.3 is 0 Å². The fraction of sp³-hybridized carbons (Fsp3) is 0.462. The van der Waals surface area contributed by atoms with E-state index in [1.165, 1.54) is 16.7 Å². The van der Waals surface area contributed by atoms with Gasteiger partial charge in [-0.25, -0.2) is 0 Å². The molecular weight excluding hydrogens is 214 g/mol. The maximum atomic E-state index is 5.73. The molecule has 1 rings (SSSR count). The molecule has 0 heterocycles. The predicted molar refractivity (Wildman–Crippen MR) is 71.4 cm³/mol. The Morgan fingerprint density at radius 1 is 1.24 bits per heavy atom. The highest BCUT2D eigenvalue weighted by molar-refractivity contribution is 5.75. The van der Waals surface area contributed by atoms with Crippen LogP contribution in [0, 0.1) is 20.8 Å². The molecule has 0 unspecified atom stereocenters. The number of hydrogen-bond acceptors (Lipinski definition) is 2. The monoisotopic (exact) mass is 235 g/mol. The normalized spacial score (nSPS) is 10.1. The Hall–Kier alpha value is -1.71. The highest BCUT2D eigenvalue weighted by atomic mass is 16.5. The molecule has 4 nitrogen and oxygen atoms in total. The third-order valence-corrected chi connectivity index (χ3v) is 2.62. The van der Waals surface area contributed by atoms with Crippen LogP contribution in [0.1, 0.15) is 23.1 Å². The van der Waals surface area contributed by atoms with Crippen LogP contribution in [0.15, 0.2) is 17.1 Å². The average molecular weight is 235 g/mol. The molecule has 0 radical (unpaired) electrons.